The number of pyridine rings is 1. The first-order chi connectivity index (χ1) is 10.3. The molecule has 3 heteroatoms. The van der Waals surface area contributed by atoms with Crippen molar-refractivity contribution in [2.45, 2.75) is 77.2 Å². The van der Waals surface area contributed by atoms with E-state index in [4.69, 9.17) is 4.74 Å². The molecule has 0 spiro atoms. The maximum atomic E-state index is 6.07. The van der Waals surface area contributed by atoms with E-state index in [0.29, 0.717) is 12.7 Å². The summed E-state index contributed by atoms with van der Waals surface area (Å²) in [4.78, 5) is 4.54. The molecule has 3 rings (SSSR count). The summed E-state index contributed by atoms with van der Waals surface area (Å²) < 4.78 is 6.07. The van der Waals surface area contributed by atoms with Gasteiger partial charge in [0.25, 0.3) is 0 Å². The maximum Gasteiger partial charge on any atom is 0.0891 e. The van der Waals surface area contributed by atoms with Crippen molar-refractivity contribution in [1.82, 2.24) is 10.3 Å². The highest BCUT2D eigenvalue weighted by molar-refractivity contribution is 5.13. The molecule has 2 unspecified atom stereocenters. The van der Waals surface area contributed by atoms with Crippen LogP contribution in [-0.2, 0) is 17.9 Å². The lowest BCUT2D eigenvalue weighted by Gasteiger charge is -2.28. The molecule has 0 amide bonds. The Hall–Kier alpha value is -0.930. The first-order valence-corrected chi connectivity index (χ1v) is 8.62. The number of nitrogens with one attached hydrogen (secondary N) is 1. The van der Waals surface area contributed by atoms with Crippen molar-refractivity contribution in [2.24, 2.45) is 5.92 Å². The number of hydrogen-bond acceptors (Lipinski definition) is 3. The summed E-state index contributed by atoms with van der Waals surface area (Å²) in [5.41, 5.74) is 2.33. The quantitative estimate of drug-likeness (QED) is 0.828. The van der Waals surface area contributed by atoms with Gasteiger partial charge in [-0.2, -0.15) is 0 Å². The highest BCUT2D eigenvalue weighted by atomic mass is 16.5. The molecular formula is C18H28N2O. The Morgan fingerprint density at radius 1 is 1.24 bits per heavy atom. The van der Waals surface area contributed by atoms with Crippen molar-refractivity contribution < 1.29 is 4.74 Å². The van der Waals surface area contributed by atoms with Crippen LogP contribution in [0, 0.1) is 5.92 Å². The monoisotopic (exact) mass is 288 g/mol. The van der Waals surface area contributed by atoms with Gasteiger partial charge >= 0.3 is 0 Å². The molecular weight excluding hydrogens is 260 g/mol. The van der Waals surface area contributed by atoms with Gasteiger partial charge in [-0.1, -0.05) is 32.3 Å². The molecule has 1 heterocycles. The zero-order valence-corrected chi connectivity index (χ0v) is 13.2. The fourth-order valence-corrected chi connectivity index (χ4v) is 3.16. The fraction of sp³-hybridized carbons (Fsp3) is 0.722. The number of ether oxygens (including phenoxy) is 1. The van der Waals surface area contributed by atoms with Crippen LogP contribution in [0.4, 0.5) is 0 Å². The minimum Gasteiger partial charge on any atom is -0.372 e. The summed E-state index contributed by atoms with van der Waals surface area (Å²) in [6.45, 7) is 3.90. The van der Waals surface area contributed by atoms with Crippen LogP contribution in [0.3, 0.4) is 0 Å². The van der Waals surface area contributed by atoms with Gasteiger partial charge in [0.2, 0.25) is 0 Å². The van der Waals surface area contributed by atoms with Crippen molar-refractivity contribution in [3.63, 3.8) is 0 Å². The molecule has 3 nitrogen and oxygen atoms in total. The van der Waals surface area contributed by atoms with Gasteiger partial charge in [-0.3, -0.25) is 4.98 Å². The highest BCUT2D eigenvalue weighted by Gasteiger charge is 2.21. The van der Waals surface area contributed by atoms with E-state index in [-0.39, 0.29) is 0 Å². The van der Waals surface area contributed by atoms with Gasteiger partial charge in [0.1, 0.15) is 0 Å². The smallest absolute Gasteiger partial charge is 0.0891 e. The molecule has 0 aliphatic heterocycles. The van der Waals surface area contributed by atoms with E-state index in [0.717, 1.165) is 24.2 Å². The topological polar surface area (TPSA) is 34.1 Å². The molecule has 0 aromatic carbocycles. The van der Waals surface area contributed by atoms with Crippen LogP contribution >= 0.6 is 0 Å². The third kappa shape index (κ3) is 4.79. The number of rotatable bonds is 7. The van der Waals surface area contributed by atoms with Gasteiger partial charge in [-0.05, 0) is 43.2 Å². The molecule has 1 aromatic rings. The van der Waals surface area contributed by atoms with Gasteiger partial charge < -0.3 is 10.1 Å². The molecule has 116 valence electrons. The lowest BCUT2D eigenvalue weighted by atomic mass is 9.85. The van der Waals surface area contributed by atoms with E-state index in [9.17, 15) is 0 Å². The van der Waals surface area contributed by atoms with E-state index < -0.39 is 0 Å². The molecule has 0 radical (unpaired) electrons. The molecule has 1 N–H and O–H groups in total. The summed E-state index contributed by atoms with van der Waals surface area (Å²) in [6, 6.07) is 5.05. The molecule has 2 atom stereocenters. The Bertz CT molecular complexity index is 427. The van der Waals surface area contributed by atoms with E-state index >= 15 is 0 Å². The first-order valence-electron chi connectivity index (χ1n) is 8.62. The van der Waals surface area contributed by atoms with Crippen LogP contribution < -0.4 is 5.32 Å². The van der Waals surface area contributed by atoms with Crippen molar-refractivity contribution in [3.8, 4) is 0 Å². The molecule has 0 bridgehead atoms. The third-order valence-corrected chi connectivity index (χ3v) is 4.84. The summed E-state index contributed by atoms with van der Waals surface area (Å²) in [5.74, 6) is 0.868. The van der Waals surface area contributed by atoms with Crippen LogP contribution in [0.5, 0.6) is 0 Å². The summed E-state index contributed by atoms with van der Waals surface area (Å²) >= 11 is 0. The second kappa shape index (κ2) is 7.37. The Morgan fingerprint density at radius 2 is 2.14 bits per heavy atom. The van der Waals surface area contributed by atoms with Gasteiger partial charge in [0.15, 0.2) is 0 Å². The van der Waals surface area contributed by atoms with Crippen LogP contribution in [0.1, 0.15) is 63.1 Å². The summed E-state index contributed by atoms with van der Waals surface area (Å²) in [5, 5.41) is 3.52. The van der Waals surface area contributed by atoms with Crippen molar-refractivity contribution in [2.75, 3.05) is 0 Å². The summed E-state index contributed by atoms with van der Waals surface area (Å²) in [7, 11) is 0. The third-order valence-electron chi connectivity index (χ3n) is 4.84. The van der Waals surface area contributed by atoms with Crippen LogP contribution in [0.25, 0.3) is 0 Å². The number of aromatic nitrogens is 1. The minimum atomic E-state index is 0.446. The normalized spacial score (nSPS) is 26.0. The molecule has 21 heavy (non-hydrogen) atoms. The molecule has 2 aliphatic rings. The average Bonchev–Trinajstić information content (AvgIpc) is 3.36. The van der Waals surface area contributed by atoms with E-state index in [1.165, 1.54) is 50.5 Å². The van der Waals surface area contributed by atoms with Crippen molar-refractivity contribution >= 4 is 0 Å². The van der Waals surface area contributed by atoms with Gasteiger partial charge in [0.05, 0.1) is 18.4 Å². The van der Waals surface area contributed by atoms with Gasteiger partial charge in [0, 0.05) is 18.8 Å². The Morgan fingerprint density at radius 3 is 2.86 bits per heavy atom. The molecule has 2 saturated carbocycles. The Labute approximate surface area is 128 Å². The minimum absolute atomic E-state index is 0.446. The Balaban J connectivity index is 1.41. The van der Waals surface area contributed by atoms with Crippen molar-refractivity contribution in [3.05, 3.63) is 29.6 Å². The highest BCUT2D eigenvalue weighted by Crippen LogP contribution is 2.28. The fourth-order valence-electron chi connectivity index (χ4n) is 3.16. The molecule has 2 fully saturated rings. The standard InChI is InChI=1S/C18H28N2O/c1-2-14-4-3-5-18(10-14)21-13-17-7-6-15(12-20-17)11-19-16-8-9-16/h6-7,12,14,16,18-19H,2-5,8-11,13H2,1H3. The second-order valence-electron chi connectivity index (χ2n) is 6.69. The lowest BCUT2D eigenvalue weighted by Crippen LogP contribution is -2.22. The van der Waals surface area contributed by atoms with Crippen LogP contribution in [-0.4, -0.2) is 17.1 Å². The van der Waals surface area contributed by atoms with E-state index in [1.807, 2.05) is 6.20 Å². The molecule has 2 aliphatic carbocycles. The van der Waals surface area contributed by atoms with Crippen LogP contribution in [0.15, 0.2) is 18.3 Å². The SMILES string of the molecule is CCC1CCCC(OCc2ccc(CNC3CC3)cn2)C1. The van der Waals surface area contributed by atoms with Gasteiger partial charge in [-0.15, -0.1) is 0 Å². The maximum absolute atomic E-state index is 6.07. The van der Waals surface area contributed by atoms with E-state index in [2.05, 4.69) is 29.4 Å². The zero-order chi connectivity index (χ0) is 14.5. The number of nitrogens with zero attached hydrogens (tertiary/aromatic N) is 1. The largest absolute Gasteiger partial charge is 0.372 e. The first kappa shape index (κ1) is 15.0. The van der Waals surface area contributed by atoms with Crippen LogP contribution in [0.2, 0.25) is 0 Å². The summed E-state index contributed by atoms with van der Waals surface area (Å²) in [6.07, 6.45) is 11.6. The average molecular weight is 288 g/mol. The molecule has 1 aromatic heterocycles. The Kier molecular flexibility index (Phi) is 5.26. The van der Waals surface area contributed by atoms with Crippen molar-refractivity contribution in [1.29, 1.82) is 0 Å². The van der Waals surface area contributed by atoms with E-state index in [1.54, 1.807) is 0 Å². The second-order valence-corrected chi connectivity index (χ2v) is 6.69. The zero-order valence-electron chi connectivity index (χ0n) is 13.2. The predicted molar refractivity (Wildman–Crippen MR) is 84.9 cm³/mol. The van der Waals surface area contributed by atoms with Gasteiger partial charge in [-0.25, -0.2) is 0 Å². The molecule has 0 saturated heterocycles. The lowest BCUT2D eigenvalue weighted by molar-refractivity contribution is 0.000341. The predicted octanol–water partition coefficient (Wildman–Crippen LogP) is 3.82. The number of hydrogen-bond donors (Lipinski definition) is 1.